The fourth-order valence-corrected chi connectivity index (χ4v) is 0.143. The lowest BCUT2D eigenvalue weighted by Crippen LogP contribution is -1.91. The lowest BCUT2D eigenvalue weighted by molar-refractivity contribution is -0.134. The number of hydrogen-bond donors (Lipinski definition) is 2. The maximum Gasteiger partial charge on any atom is 0.328 e. The summed E-state index contributed by atoms with van der Waals surface area (Å²) in [5.74, 6) is -2.51. The summed E-state index contributed by atoms with van der Waals surface area (Å²) in [4.78, 5) is 19.1. The van der Waals surface area contributed by atoms with Crippen LogP contribution in [0.1, 0.15) is 14.9 Å². The molecule has 0 saturated heterocycles. The molecule has 0 aromatic rings. The highest BCUT2D eigenvalue weighted by Gasteiger charge is 1.88. The molecule has 2 N–H and O–H groups in total. The minimum Gasteiger partial charge on any atom is -0.478 e. The summed E-state index contributed by atoms with van der Waals surface area (Å²) in [6.45, 7) is 0. The molecule has 10 heavy (non-hydrogen) atoms. The number of carbonyl (C=O) groups is 2. The van der Waals surface area contributed by atoms with Gasteiger partial charge < -0.3 is 10.2 Å². The van der Waals surface area contributed by atoms with Gasteiger partial charge in [-0.1, -0.05) is 14.9 Å². The van der Waals surface area contributed by atoms with Crippen molar-refractivity contribution in [1.29, 1.82) is 0 Å². The van der Waals surface area contributed by atoms with Crippen molar-refractivity contribution in [3.8, 4) is 0 Å². The van der Waals surface area contributed by atoms with Gasteiger partial charge in [0.15, 0.2) is 0 Å². The molecule has 0 aromatic heterocycles. The molecule has 0 unspecified atom stereocenters. The van der Waals surface area contributed by atoms with Gasteiger partial charge in [-0.15, -0.1) is 0 Å². The molecule has 0 rings (SSSR count). The highest BCUT2D eigenvalue weighted by Crippen LogP contribution is 1.70. The zero-order valence-corrected chi connectivity index (χ0v) is 3.87. The molecular weight excluding hydrogens is 136 g/mol. The monoisotopic (exact) mass is 148 g/mol. The summed E-state index contributed by atoms with van der Waals surface area (Å²) >= 11 is 0. The smallest absolute Gasteiger partial charge is 0.328 e. The van der Waals surface area contributed by atoms with Crippen LogP contribution in [-0.2, 0) is 9.59 Å². The predicted molar refractivity (Wildman–Crippen MR) is 37.9 cm³/mol. The van der Waals surface area contributed by atoms with E-state index < -0.39 is 11.9 Å². The van der Waals surface area contributed by atoms with Crippen LogP contribution in [0.15, 0.2) is 12.2 Å². The van der Waals surface area contributed by atoms with Gasteiger partial charge in [0.2, 0.25) is 0 Å². The first kappa shape index (κ1) is 15.9. The Hall–Kier alpha value is -1.32. The van der Waals surface area contributed by atoms with Gasteiger partial charge in [0, 0.05) is 12.2 Å². The van der Waals surface area contributed by atoms with Crippen molar-refractivity contribution in [2.24, 2.45) is 0 Å². The van der Waals surface area contributed by atoms with Crippen LogP contribution in [-0.4, -0.2) is 22.2 Å². The van der Waals surface area contributed by atoms with Gasteiger partial charge in [-0.3, -0.25) is 0 Å². The molecule has 0 bridgehead atoms. The molecule has 0 saturated carbocycles. The lowest BCUT2D eigenvalue weighted by atomic mass is 10.5. The minimum absolute atomic E-state index is 0. The van der Waals surface area contributed by atoms with Crippen molar-refractivity contribution in [3.63, 3.8) is 0 Å². The van der Waals surface area contributed by atoms with Crippen LogP contribution in [0.4, 0.5) is 0 Å². The molecule has 0 atom stereocenters. The molecule has 60 valence electrons. The van der Waals surface area contributed by atoms with Crippen LogP contribution >= 0.6 is 0 Å². The third-order valence-corrected chi connectivity index (χ3v) is 0.368. The molecule has 4 nitrogen and oxygen atoms in total. The van der Waals surface area contributed by atoms with Crippen molar-refractivity contribution in [1.82, 2.24) is 0 Å². The number of aliphatic carboxylic acids is 2. The largest absolute Gasteiger partial charge is 0.478 e. The molecule has 4 heteroatoms. The molecule has 0 aliphatic carbocycles. The third-order valence-electron chi connectivity index (χ3n) is 0.368. The van der Waals surface area contributed by atoms with Crippen molar-refractivity contribution in [2.45, 2.75) is 14.9 Å². The SMILES string of the molecule is C.C.O=C(O)/C=C\C(=O)O. The Labute approximate surface area is 59.8 Å². The Bertz CT molecular complexity index is 121. The Morgan fingerprint density at radius 1 is 0.900 bits per heavy atom. The van der Waals surface area contributed by atoms with Gasteiger partial charge in [-0.2, -0.15) is 0 Å². The summed E-state index contributed by atoms with van der Waals surface area (Å²) in [5.41, 5.74) is 0. The lowest BCUT2D eigenvalue weighted by Gasteiger charge is -1.74. The molecule has 0 aliphatic rings. The highest BCUT2D eigenvalue weighted by molar-refractivity contribution is 5.89. The second kappa shape index (κ2) is 7.68. The second-order valence-electron chi connectivity index (χ2n) is 1.01. The van der Waals surface area contributed by atoms with Crippen LogP contribution in [0.3, 0.4) is 0 Å². The zero-order valence-electron chi connectivity index (χ0n) is 3.87. The van der Waals surface area contributed by atoms with Gasteiger partial charge in [0.05, 0.1) is 0 Å². The van der Waals surface area contributed by atoms with Crippen molar-refractivity contribution >= 4 is 11.9 Å². The number of carboxylic acids is 2. The standard InChI is InChI=1S/C4H4O4.2CH4/c5-3(6)1-2-4(7)8;;/h1-2H,(H,5,6)(H,7,8);2*1H4/b2-1-;;. The van der Waals surface area contributed by atoms with E-state index in [1.165, 1.54) is 0 Å². The Morgan fingerprint density at radius 2 is 1.10 bits per heavy atom. The van der Waals surface area contributed by atoms with Crippen LogP contribution < -0.4 is 0 Å². The van der Waals surface area contributed by atoms with Crippen LogP contribution in [0.5, 0.6) is 0 Å². The third kappa shape index (κ3) is 15.9. The van der Waals surface area contributed by atoms with Gasteiger partial charge >= 0.3 is 11.9 Å². The second-order valence-corrected chi connectivity index (χ2v) is 1.01. The van der Waals surface area contributed by atoms with Crippen molar-refractivity contribution < 1.29 is 19.8 Å². The average molecular weight is 148 g/mol. The van der Waals surface area contributed by atoms with Gasteiger partial charge in [-0.25, -0.2) is 9.59 Å². The van der Waals surface area contributed by atoms with Gasteiger partial charge in [0.25, 0.3) is 0 Å². The van der Waals surface area contributed by atoms with E-state index in [4.69, 9.17) is 10.2 Å². The maximum atomic E-state index is 9.55. The van der Waals surface area contributed by atoms with Gasteiger partial charge in [-0.05, 0) is 0 Å². The molecule has 0 radical (unpaired) electrons. The Kier molecular flexibility index (Phi) is 12.2. The quantitative estimate of drug-likeness (QED) is 0.572. The van der Waals surface area contributed by atoms with E-state index in [1.807, 2.05) is 0 Å². The summed E-state index contributed by atoms with van der Waals surface area (Å²) in [6.07, 6.45) is 1.12. The first-order valence-electron chi connectivity index (χ1n) is 1.77. The van der Waals surface area contributed by atoms with Crippen LogP contribution in [0.2, 0.25) is 0 Å². The summed E-state index contributed by atoms with van der Waals surface area (Å²) < 4.78 is 0. The van der Waals surface area contributed by atoms with E-state index in [2.05, 4.69) is 0 Å². The fourth-order valence-electron chi connectivity index (χ4n) is 0.143. The van der Waals surface area contributed by atoms with Crippen molar-refractivity contribution in [2.75, 3.05) is 0 Å². The molecule has 0 heterocycles. The van der Waals surface area contributed by atoms with Crippen LogP contribution in [0, 0.1) is 0 Å². The number of hydrogen-bond acceptors (Lipinski definition) is 2. The fraction of sp³-hybridized carbons (Fsp3) is 0.333. The van der Waals surface area contributed by atoms with E-state index in [1.54, 1.807) is 0 Å². The van der Waals surface area contributed by atoms with Crippen molar-refractivity contribution in [3.05, 3.63) is 12.2 Å². The normalized spacial score (nSPS) is 7.60. The average Bonchev–Trinajstić information content (AvgIpc) is 1.61. The Balaban J connectivity index is -0.000000245. The molecule has 0 fully saturated rings. The zero-order chi connectivity index (χ0) is 6.57. The maximum absolute atomic E-state index is 9.55. The summed E-state index contributed by atoms with van der Waals surface area (Å²) in [7, 11) is 0. The topological polar surface area (TPSA) is 74.6 Å². The first-order valence-corrected chi connectivity index (χ1v) is 1.77. The molecule has 0 amide bonds. The van der Waals surface area contributed by atoms with E-state index in [0.717, 1.165) is 0 Å². The van der Waals surface area contributed by atoms with E-state index in [-0.39, 0.29) is 14.9 Å². The molecular formula is C6H12O4. The van der Waals surface area contributed by atoms with E-state index >= 15 is 0 Å². The summed E-state index contributed by atoms with van der Waals surface area (Å²) in [6, 6.07) is 0. The van der Waals surface area contributed by atoms with Crippen LogP contribution in [0.25, 0.3) is 0 Å². The predicted octanol–water partition coefficient (Wildman–Crippen LogP) is 0.984. The van der Waals surface area contributed by atoms with E-state index in [0.29, 0.717) is 12.2 Å². The highest BCUT2D eigenvalue weighted by atomic mass is 16.4. The number of rotatable bonds is 2. The minimum atomic E-state index is -1.26. The molecule has 0 spiro atoms. The van der Waals surface area contributed by atoms with E-state index in [9.17, 15) is 9.59 Å². The number of carboxylic acid groups (broad SMARTS) is 2. The first-order chi connectivity index (χ1) is 3.63. The molecule has 0 aliphatic heterocycles. The van der Waals surface area contributed by atoms with Gasteiger partial charge in [0.1, 0.15) is 0 Å². The Morgan fingerprint density at radius 3 is 1.20 bits per heavy atom. The molecule has 0 aromatic carbocycles. The summed E-state index contributed by atoms with van der Waals surface area (Å²) in [5, 5.41) is 15.6.